The molecule has 0 aromatic heterocycles. The standard InChI is InChI=1S/C96H161NO18/c1-3-5-7-9-11-13-15-17-19-21-23-25-27-29-31-33-35-36-37-38-39-40-41-42-44-46-48-50-52-54-56-58-60-62-64-66-68-70-72-74-84(102)97-79(80(101)73-71-69-67-65-63-61-59-57-55-53-51-49-47-45-43-34-32-30-28-26-24-22-20-18-16-14-12-10-8-6-4-2)78-110-94-90(108)87(105)92(82(76-99)112-94)115-96-91(109)88(106)93(83(77-100)113-96)114-95-89(107)86(104)85(103)81(75-98)111-95/h5,7,11,13,17,19,23,25,29,31,35-36,38-39,41-42,46,48,52,54-55,57,63,65,71,73,79-83,85-96,98-101,103-109H,3-4,6,8-10,12,14-16,18,20-22,24,26-28,30,32-34,37,40,43-45,47,49-51,53,56,58-62,64,66-70,72,74-78H2,1-2H3,(H,97,102)/b7-5-,13-11-,19-17-,25-23-,31-29-,36-35-,39-38-,42-41-,48-46-,54-52-,57-55+,65-63+,73-71+. The SMILES string of the molecule is CC/C=C\C/C=C\C/C=C\C/C=C\C/C=C\C/C=C\C/C=C\C/C=C\C/C=C\C/C=C\CCCCCCCCCCC(=O)NC(COC1OC(CO)C(OC2OC(CO)C(OC3OC(CO)C(O)C(O)C3O)C(O)C2O)C(O)C1O)C(O)/C=C/CC/C=C/CC/C=C/CCCCCCCCCCCCCCCCCCCCCCC. The molecule has 12 N–H and O–H groups in total. The first-order valence-electron chi connectivity index (χ1n) is 45.2. The molecule has 0 aromatic carbocycles. The van der Waals surface area contributed by atoms with Crippen LogP contribution in [0.1, 0.15) is 309 Å². The van der Waals surface area contributed by atoms with Gasteiger partial charge in [0.25, 0.3) is 0 Å². The van der Waals surface area contributed by atoms with Gasteiger partial charge in [0.1, 0.15) is 73.2 Å². The minimum atomic E-state index is -1.99. The number of aliphatic hydroxyl groups is 11. The van der Waals surface area contributed by atoms with Crippen molar-refractivity contribution in [1.82, 2.24) is 5.32 Å². The number of hydrogen-bond donors (Lipinski definition) is 12. The number of carbonyl (C=O) groups is 1. The van der Waals surface area contributed by atoms with Gasteiger partial charge in [-0.05, 0) is 122 Å². The molecule has 0 bridgehead atoms. The highest BCUT2D eigenvalue weighted by Gasteiger charge is 2.54. The van der Waals surface area contributed by atoms with Gasteiger partial charge in [-0.1, -0.05) is 339 Å². The summed E-state index contributed by atoms with van der Waals surface area (Å²) in [6.07, 6.45) is 82.4. The van der Waals surface area contributed by atoms with Crippen molar-refractivity contribution in [2.24, 2.45) is 0 Å². The highest BCUT2D eigenvalue weighted by Crippen LogP contribution is 2.33. The summed E-state index contributed by atoms with van der Waals surface area (Å²) >= 11 is 0. The third-order valence-corrected chi connectivity index (χ3v) is 21.3. The summed E-state index contributed by atoms with van der Waals surface area (Å²) in [5, 5.41) is 121. The molecule has 0 spiro atoms. The molecule has 658 valence electrons. The van der Waals surface area contributed by atoms with Crippen molar-refractivity contribution in [3.05, 3.63) is 158 Å². The van der Waals surface area contributed by atoms with E-state index < -0.39 is 124 Å². The molecule has 0 aromatic rings. The number of amides is 1. The van der Waals surface area contributed by atoms with Crippen molar-refractivity contribution >= 4 is 5.91 Å². The molecule has 0 radical (unpaired) electrons. The van der Waals surface area contributed by atoms with Crippen LogP contribution in [0.4, 0.5) is 0 Å². The molecule has 0 saturated carbocycles. The van der Waals surface area contributed by atoms with Gasteiger partial charge in [0.15, 0.2) is 18.9 Å². The van der Waals surface area contributed by atoms with Crippen molar-refractivity contribution in [2.75, 3.05) is 26.4 Å². The smallest absolute Gasteiger partial charge is 0.220 e. The fourth-order valence-corrected chi connectivity index (χ4v) is 14.1. The van der Waals surface area contributed by atoms with E-state index >= 15 is 0 Å². The molecule has 19 heteroatoms. The first kappa shape index (κ1) is 105. The number of rotatable bonds is 71. The average molecular weight is 1620 g/mol. The lowest BCUT2D eigenvalue weighted by Crippen LogP contribution is -2.66. The minimum absolute atomic E-state index is 0.212. The van der Waals surface area contributed by atoms with Crippen LogP contribution >= 0.6 is 0 Å². The maximum atomic E-state index is 13.5. The molecule has 19 nitrogen and oxygen atoms in total. The zero-order valence-corrected chi connectivity index (χ0v) is 71.0. The predicted molar refractivity (Wildman–Crippen MR) is 465 cm³/mol. The summed E-state index contributed by atoms with van der Waals surface area (Å²) in [6.45, 7) is 1.61. The number of allylic oxidation sites excluding steroid dienone is 25. The summed E-state index contributed by atoms with van der Waals surface area (Å²) in [7, 11) is 0. The van der Waals surface area contributed by atoms with Crippen molar-refractivity contribution in [3.8, 4) is 0 Å². The van der Waals surface area contributed by atoms with Crippen LogP contribution in [0.3, 0.4) is 0 Å². The number of nitrogens with one attached hydrogen (secondary N) is 1. The Balaban J connectivity index is 1.36. The molecule has 3 fully saturated rings. The highest BCUT2D eigenvalue weighted by molar-refractivity contribution is 5.76. The Hall–Kier alpha value is -4.59. The zero-order chi connectivity index (χ0) is 83.1. The second-order valence-corrected chi connectivity index (χ2v) is 31.3. The number of carbonyl (C=O) groups excluding carboxylic acids is 1. The molecule has 3 aliphatic heterocycles. The molecule has 115 heavy (non-hydrogen) atoms. The van der Waals surface area contributed by atoms with Gasteiger partial charge >= 0.3 is 0 Å². The van der Waals surface area contributed by atoms with Crippen molar-refractivity contribution in [2.45, 2.75) is 413 Å². The van der Waals surface area contributed by atoms with E-state index in [-0.39, 0.29) is 18.9 Å². The molecular formula is C96H161NO18. The van der Waals surface area contributed by atoms with E-state index in [1.165, 1.54) is 141 Å². The largest absolute Gasteiger partial charge is 0.394 e. The summed E-state index contributed by atoms with van der Waals surface area (Å²) in [6, 6.07) is -1.02. The Kier molecular flexibility index (Phi) is 66.7. The van der Waals surface area contributed by atoms with Crippen molar-refractivity contribution < 1.29 is 89.4 Å². The van der Waals surface area contributed by atoms with Crippen LogP contribution in [-0.4, -0.2) is 193 Å². The first-order chi connectivity index (χ1) is 56.3. The van der Waals surface area contributed by atoms with Crippen LogP contribution in [-0.2, 0) is 33.2 Å². The van der Waals surface area contributed by atoms with E-state index in [9.17, 15) is 61.0 Å². The maximum Gasteiger partial charge on any atom is 0.220 e. The molecule has 3 aliphatic rings. The van der Waals surface area contributed by atoms with E-state index in [1.54, 1.807) is 6.08 Å². The number of hydrogen-bond acceptors (Lipinski definition) is 18. The Bertz CT molecular complexity index is 2700. The Morgan fingerprint density at radius 1 is 0.322 bits per heavy atom. The zero-order valence-electron chi connectivity index (χ0n) is 71.0. The lowest BCUT2D eigenvalue weighted by molar-refractivity contribution is -0.379. The molecular weight excluding hydrogens is 1460 g/mol. The van der Waals surface area contributed by atoms with Crippen molar-refractivity contribution in [3.63, 3.8) is 0 Å². The van der Waals surface area contributed by atoms with Gasteiger partial charge in [0.2, 0.25) is 5.91 Å². The normalized spacial score (nSPS) is 25.4. The number of ether oxygens (including phenoxy) is 6. The van der Waals surface area contributed by atoms with Crippen LogP contribution < -0.4 is 5.32 Å². The summed E-state index contributed by atoms with van der Waals surface area (Å²) in [5.74, 6) is -0.302. The quantitative estimate of drug-likeness (QED) is 0.0199. The van der Waals surface area contributed by atoms with Gasteiger partial charge in [0, 0.05) is 6.42 Å². The highest BCUT2D eigenvalue weighted by atomic mass is 16.8. The molecule has 3 saturated heterocycles. The van der Waals surface area contributed by atoms with E-state index in [2.05, 4.69) is 165 Å². The van der Waals surface area contributed by atoms with Gasteiger partial charge in [-0.3, -0.25) is 4.79 Å². The average Bonchev–Trinajstić information content (AvgIpc) is 0.779. The monoisotopic (exact) mass is 1620 g/mol. The van der Waals surface area contributed by atoms with Crippen LogP contribution in [0, 0.1) is 0 Å². The number of unbranched alkanes of at least 4 members (excludes halogenated alkanes) is 31. The topological polar surface area (TPSA) is 307 Å². The molecule has 17 atom stereocenters. The van der Waals surface area contributed by atoms with Gasteiger partial charge < -0.3 is 89.9 Å². The van der Waals surface area contributed by atoms with E-state index in [4.69, 9.17) is 28.4 Å². The van der Waals surface area contributed by atoms with E-state index in [0.29, 0.717) is 12.8 Å². The predicted octanol–water partition coefficient (Wildman–Crippen LogP) is 17.5. The Morgan fingerprint density at radius 3 is 0.974 bits per heavy atom. The second kappa shape index (κ2) is 73.3. The number of aliphatic hydroxyl groups excluding tert-OH is 11. The second-order valence-electron chi connectivity index (χ2n) is 31.3. The molecule has 1 amide bonds. The van der Waals surface area contributed by atoms with Crippen molar-refractivity contribution in [1.29, 1.82) is 0 Å². The lowest BCUT2D eigenvalue weighted by Gasteiger charge is -2.48. The Morgan fingerprint density at radius 2 is 0.609 bits per heavy atom. The fraction of sp³-hybridized carbons (Fsp3) is 0.719. The van der Waals surface area contributed by atoms with Gasteiger partial charge in [-0.25, -0.2) is 0 Å². The third kappa shape index (κ3) is 51.6. The summed E-state index contributed by atoms with van der Waals surface area (Å²) in [5.41, 5.74) is 0. The molecule has 17 unspecified atom stereocenters. The fourth-order valence-electron chi connectivity index (χ4n) is 14.1. The minimum Gasteiger partial charge on any atom is -0.394 e. The lowest BCUT2D eigenvalue weighted by atomic mass is 9.96. The first-order valence-corrected chi connectivity index (χ1v) is 45.2. The van der Waals surface area contributed by atoms with Crippen LogP contribution in [0.25, 0.3) is 0 Å². The molecule has 3 rings (SSSR count). The third-order valence-electron chi connectivity index (χ3n) is 21.3. The van der Waals surface area contributed by atoms with Gasteiger partial charge in [-0.2, -0.15) is 0 Å². The van der Waals surface area contributed by atoms with Crippen LogP contribution in [0.15, 0.2) is 158 Å². The van der Waals surface area contributed by atoms with E-state index in [1.807, 2.05) is 6.08 Å². The summed E-state index contributed by atoms with van der Waals surface area (Å²) < 4.78 is 34.5. The maximum absolute atomic E-state index is 13.5. The Labute approximate surface area is 695 Å². The van der Waals surface area contributed by atoms with E-state index in [0.717, 1.165) is 135 Å². The molecule has 0 aliphatic carbocycles. The van der Waals surface area contributed by atoms with Gasteiger partial charge in [0.05, 0.1) is 38.6 Å². The van der Waals surface area contributed by atoms with Gasteiger partial charge in [-0.15, -0.1) is 0 Å². The summed E-state index contributed by atoms with van der Waals surface area (Å²) in [4.78, 5) is 13.5. The van der Waals surface area contributed by atoms with Crippen LogP contribution in [0.2, 0.25) is 0 Å². The molecule has 3 heterocycles. The van der Waals surface area contributed by atoms with Crippen LogP contribution in [0.5, 0.6) is 0 Å².